The fourth-order valence-corrected chi connectivity index (χ4v) is 7.90. The molecule has 5 saturated carbocycles. The number of hydrogen-bond donors (Lipinski definition) is 3. The quantitative estimate of drug-likeness (QED) is 0.592. The average molecular weight is 453 g/mol. The molecule has 0 unspecified atom stereocenters. The lowest BCUT2D eigenvalue weighted by molar-refractivity contribution is -0.131. The molecule has 178 valence electrons. The molecule has 6 fully saturated rings. The highest BCUT2D eigenvalue weighted by atomic mass is 16.2. The van der Waals surface area contributed by atoms with Crippen LogP contribution in [0.2, 0.25) is 0 Å². The molecule has 1 saturated heterocycles. The van der Waals surface area contributed by atoms with E-state index in [9.17, 15) is 20.1 Å². The second kappa shape index (κ2) is 9.14. The summed E-state index contributed by atoms with van der Waals surface area (Å²) in [6, 6.07) is 3.72. The molecule has 0 aromatic carbocycles. The number of nitrogens with one attached hydrogen (secondary N) is 3. The van der Waals surface area contributed by atoms with Crippen molar-refractivity contribution in [2.24, 2.45) is 17.8 Å². The molecule has 0 aromatic heterocycles. The number of hydrogen-bond acceptors (Lipinski definition) is 5. The van der Waals surface area contributed by atoms with Crippen LogP contribution >= 0.6 is 0 Å². The van der Waals surface area contributed by atoms with Crippen LogP contribution in [0.3, 0.4) is 0 Å². The predicted molar refractivity (Wildman–Crippen MR) is 121 cm³/mol. The second-order valence-electron chi connectivity index (χ2n) is 11.4. The van der Waals surface area contributed by atoms with Gasteiger partial charge < -0.3 is 20.9 Å². The van der Waals surface area contributed by atoms with Crippen LogP contribution in [-0.2, 0) is 4.79 Å². The Hall–Kier alpha value is -2.32. The minimum atomic E-state index is -0.489. The summed E-state index contributed by atoms with van der Waals surface area (Å²) in [4.78, 5) is 26.9. The van der Waals surface area contributed by atoms with Gasteiger partial charge in [0.05, 0.1) is 18.7 Å². The van der Waals surface area contributed by atoms with Crippen molar-refractivity contribution in [3.8, 4) is 12.1 Å². The maximum Gasteiger partial charge on any atom is 0.315 e. The van der Waals surface area contributed by atoms with Crippen LogP contribution in [0, 0.1) is 40.4 Å². The molecule has 0 aromatic rings. The van der Waals surface area contributed by atoms with Crippen molar-refractivity contribution in [1.82, 2.24) is 20.9 Å². The Morgan fingerprint density at radius 2 is 1.33 bits per heavy atom. The molecule has 1 heterocycles. The molecule has 6 aliphatic rings. The van der Waals surface area contributed by atoms with Crippen LogP contribution in [-0.4, -0.2) is 53.1 Å². The predicted octanol–water partition coefficient (Wildman–Crippen LogP) is 2.56. The van der Waals surface area contributed by atoms with Crippen molar-refractivity contribution < 1.29 is 9.59 Å². The van der Waals surface area contributed by atoms with Gasteiger partial charge in [0.2, 0.25) is 5.91 Å². The zero-order chi connectivity index (χ0) is 23.0. The molecule has 1 aliphatic heterocycles. The molecular weight excluding hydrogens is 416 g/mol. The van der Waals surface area contributed by atoms with Crippen molar-refractivity contribution in [2.45, 2.75) is 107 Å². The van der Waals surface area contributed by atoms with Gasteiger partial charge in [0.15, 0.2) is 0 Å². The number of rotatable bonds is 5. The van der Waals surface area contributed by atoms with Gasteiger partial charge in [-0.2, -0.15) is 10.5 Å². The molecule has 8 heteroatoms. The van der Waals surface area contributed by atoms with Gasteiger partial charge in [-0.3, -0.25) is 4.79 Å². The standard InChI is InChI=1S/C25H36N6O2/c26-13-21-5-6-22(14-27)31(21)23(32)15-28-19-1-3-20(4-2-19)29-24(33)30-25-10-16-7-17(11-25)9-18(8-16)12-25/h16-22,28H,1-12,15H2,(H2,29,30,33)/t16?,17?,18?,19?,20?,21-,22+,25?. The molecule has 3 amide bonds. The van der Waals surface area contributed by atoms with E-state index in [4.69, 9.17) is 0 Å². The molecule has 5 aliphatic carbocycles. The minimum Gasteiger partial charge on any atom is -0.335 e. The Morgan fingerprint density at radius 1 is 0.818 bits per heavy atom. The van der Waals surface area contributed by atoms with Crippen LogP contribution < -0.4 is 16.0 Å². The van der Waals surface area contributed by atoms with Gasteiger partial charge in [-0.25, -0.2) is 4.79 Å². The summed E-state index contributed by atoms with van der Waals surface area (Å²) in [7, 11) is 0. The SMILES string of the molecule is N#C[C@@H]1CC[C@H](C#N)N1C(=O)CNC1CCC(NC(=O)NC23CC4CC(CC(C4)C2)C3)CC1. The lowest BCUT2D eigenvalue weighted by atomic mass is 9.53. The van der Waals surface area contributed by atoms with Crippen LogP contribution in [0.5, 0.6) is 0 Å². The highest BCUT2D eigenvalue weighted by Gasteiger charge is 2.51. The van der Waals surface area contributed by atoms with Crippen LogP contribution in [0.1, 0.15) is 77.0 Å². The Balaban J connectivity index is 1.04. The van der Waals surface area contributed by atoms with Crippen molar-refractivity contribution in [3.05, 3.63) is 0 Å². The molecule has 33 heavy (non-hydrogen) atoms. The molecular formula is C25H36N6O2. The van der Waals surface area contributed by atoms with Gasteiger partial charge in [0.1, 0.15) is 12.1 Å². The van der Waals surface area contributed by atoms with E-state index in [0.717, 1.165) is 62.7 Å². The van der Waals surface area contributed by atoms with Gasteiger partial charge in [-0.1, -0.05) is 0 Å². The molecule has 4 bridgehead atoms. The van der Waals surface area contributed by atoms with Gasteiger partial charge in [0.25, 0.3) is 0 Å². The molecule has 8 nitrogen and oxygen atoms in total. The number of carbonyl (C=O) groups is 2. The summed E-state index contributed by atoms with van der Waals surface area (Å²) in [5.74, 6) is 2.27. The normalized spacial score (nSPS) is 41.3. The first-order chi connectivity index (χ1) is 16.0. The molecule has 2 atom stereocenters. The van der Waals surface area contributed by atoms with E-state index in [-0.39, 0.29) is 36.1 Å². The summed E-state index contributed by atoms with van der Waals surface area (Å²) in [6.45, 7) is 0.158. The first kappa shape index (κ1) is 22.5. The third-order valence-electron chi connectivity index (χ3n) is 8.99. The molecule has 0 spiro atoms. The van der Waals surface area contributed by atoms with Crippen molar-refractivity contribution in [3.63, 3.8) is 0 Å². The fourth-order valence-electron chi connectivity index (χ4n) is 7.90. The lowest BCUT2D eigenvalue weighted by Gasteiger charge is -2.56. The third-order valence-corrected chi connectivity index (χ3v) is 8.99. The number of carbonyl (C=O) groups excluding carboxylic acids is 2. The molecule has 6 rings (SSSR count). The van der Waals surface area contributed by atoms with E-state index in [1.165, 1.54) is 24.2 Å². The van der Waals surface area contributed by atoms with E-state index in [1.807, 2.05) is 0 Å². The van der Waals surface area contributed by atoms with Gasteiger partial charge in [-0.15, -0.1) is 0 Å². The highest BCUT2D eigenvalue weighted by Crippen LogP contribution is 2.55. The average Bonchev–Trinajstić information content (AvgIpc) is 3.20. The van der Waals surface area contributed by atoms with E-state index in [1.54, 1.807) is 0 Å². The second-order valence-corrected chi connectivity index (χ2v) is 11.4. The van der Waals surface area contributed by atoms with Crippen molar-refractivity contribution in [1.29, 1.82) is 10.5 Å². The maximum atomic E-state index is 12.8. The molecule has 3 N–H and O–H groups in total. The van der Waals surface area contributed by atoms with Gasteiger partial charge in [-0.05, 0) is 94.8 Å². The Labute approximate surface area is 196 Å². The van der Waals surface area contributed by atoms with E-state index >= 15 is 0 Å². The summed E-state index contributed by atoms with van der Waals surface area (Å²) >= 11 is 0. The van der Waals surface area contributed by atoms with Crippen molar-refractivity contribution in [2.75, 3.05) is 6.54 Å². The lowest BCUT2D eigenvalue weighted by Crippen LogP contribution is -2.62. The summed E-state index contributed by atoms with van der Waals surface area (Å²) in [5, 5.41) is 28.5. The van der Waals surface area contributed by atoms with E-state index in [0.29, 0.717) is 12.8 Å². The summed E-state index contributed by atoms with van der Waals surface area (Å²) < 4.78 is 0. The largest absolute Gasteiger partial charge is 0.335 e. The zero-order valence-corrected chi connectivity index (χ0v) is 19.4. The van der Waals surface area contributed by atoms with Gasteiger partial charge >= 0.3 is 6.03 Å². The highest BCUT2D eigenvalue weighted by molar-refractivity contribution is 5.80. The van der Waals surface area contributed by atoms with Crippen LogP contribution in [0.4, 0.5) is 4.79 Å². The molecule has 0 radical (unpaired) electrons. The van der Waals surface area contributed by atoms with E-state index in [2.05, 4.69) is 28.1 Å². The Kier molecular flexibility index (Phi) is 6.22. The number of nitriles is 2. The summed E-state index contributed by atoms with van der Waals surface area (Å²) in [5.41, 5.74) is 0.0378. The summed E-state index contributed by atoms with van der Waals surface area (Å²) in [6.07, 6.45) is 12.3. The smallest absolute Gasteiger partial charge is 0.315 e. The monoisotopic (exact) mass is 452 g/mol. The van der Waals surface area contributed by atoms with Crippen molar-refractivity contribution >= 4 is 11.9 Å². The number of likely N-dealkylation sites (tertiary alicyclic amines) is 1. The fraction of sp³-hybridized carbons (Fsp3) is 0.840. The number of amides is 3. The van der Waals surface area contributed by atoms with Crippen LogP contribution in [0.25, 0.3) is 0 Å². The number of nitrogens with zero attached hydrogens (tertiary/aromatic N) is 3. The third kappa shape index (κ3) is 4.68. The first-order valence-electron chi connectivity index (χ1n) is 12.9. The van der Waals surface area contributed by atoms with Gasteiger partial charge in [0, 0.05) is 17.6 Å². The Morgan fingerprint density at radius 3 is 1.85 bits per heavy atom. The minimum absolute atomic E-state index is 0.00246. The van der Waals surface area contributed by atoms with E-state index < -0.39 is 12.1 Å². The Bertz CT molecular complexity index is 795. The number of urea groups is 1. The topological polar surface area (TPSA) is 121 Å². The van der Waals surface area contributed by atoms with Crippen LogP contribution in [0.15, 0.2) is 0 Å². The zero-order valence-electron chi connectivity index (χ0n) is 19.4. The first-order valence-corrected chi connectivity index (χ1v) is 12.9. The maximum absolute atomic E-state index is 12.8.